The molecule has 0 saturated carbocycles. The van der Waals surface area contributed by atoms with Gasteiger partial charge in [-0.2, -0.15) is 0 Å². The number of fused-ring (bicyclic) bond motifs is 1. The number of hydrogen-bond donors (Lipinski definition) is 1. The number of imidazole rings is 1. The molecule has 2 heterocycles. The summed E-state index contributed by atoms with van der Waals surface area (Å²) in [6.45, 7) is 8.59. The molecule has 0 aliphatic carbocycles. The highest BCUT2D eigenvalue weighted by Crippen LogP contribution is 2.32. The molecule has 0 atom stereocenters. The maximum Gasteiger partial charge on any atom is 0.139 e. The van der Waals surface area contributed by atoms with Crippen molar-refractivity contribution in [1.29, 1.82) is 0 Å². The lowest BCUT2D eigenvalue weighted by Crippen LogP contribution is -2.27. The molecule has 0 bridgehead atoms. The second-order valence-electron chi connectivity index (χ2n) is 7.56. The van der Waals surface area contributed by atoms with Crippen LogP contribution in [0.1, 0.15) is 26.3 Å². The van der Waals surface area contributed by atoms with Crippen LogP contribution in [0.2, 0.25) is 0 Å². The third kappa shape index (κ3) is 3.23. The molecule has 1 N–H and O–H groups in total. The SMILES string of the molecule is Cc1ccn2c(NC(C)(C)C)c(-c3ccc(N(C)C)cc3)nc2c1. The minimum absolute atomic E-state index is 0.0425. The van der Waals surface area contributed by atoms with Gasteiger partial charge in [-0.25, -0.2) is 4.98 Å². The molecule has 0 radical (unpaired) electrons. The molecule has 4 nitrogen and oxygen atoms in total. The van der Waals surface area contributed by atoms with Gasteiger partial charge in [0.2, 0.25) is 0 Å². The Morgan fingerprint density at radius 2 is 1.71 bits per heavy atom. The van der Waals surface area contributed by atoms with Crippen molar-refractivity contribution in [2.24, 2.45) is 0 Å². The second-order valence-corrected chi connectivity index (χ2v) is 7.56. The Bertz CT molecular complexity index is 852. The van der Waals surface area contributed by atoms with Gasteiger partial charge in [-0.05, 0) is 57.5 Å². The Kier molecular flexibility index (Phi) is 3.99. The van der Waals surface area contributed by atoms with Crippen LogP contribution in [0.25, 0.3) is 16.9 Å². The topological polar surface area (TPSA) is 32.6 Å². The third-order valence-corrected chi connectivity index (χ3v) is 3.93. The molecule has 1 aromatic carbocycles. The lowest BCUT2D eigenvalue weighted by atomic mass is 10.1. The summed E-state index contributed by atoms with van der Waals surface area (Å²) >= 11 is 0. The van der Waals surface area contributed by atoms with Crippen molar-refractivity contribution in [3.63, 3.8) is 0 Å². The molecule has 126 valence electrons. The van der Waals surface area contributed by atoms with Crippen LogP contribution >= 0.6 is 0 Å². The molecule has 2 aromatic heterocycles. The van der Waals surface area contributed by atoms with Gasteiger partial charge in [0.1, 0.15) is 17.2 Å². The first-order valence-electron chi connectivity index (χ1n) is 8.29. The molecule has 0 amide bonds. The standard InChI is InChI=1S/C20H26N4/c1-14-11-12-24-17(13-14)21-18(19(24)22-20(2,3)4)15-7-9-16(10-8-15)23(5)6/h7-13,22H,1-6H3. The van der Waals surface area contributed by atoms with E-state index >= 15 is 0 Å². The van der Waals surface area contributed by atoms with Crippen molar-refractivity contribution >= 4 is 17.2 Å². The monoisotopic (exact) mass is 322 g/mol. The van der Waals surface area contributed by atoms with E-state index in [0.29, 0.717) is 0 Å². The first kappa shape index (κ1) is 16.4. The van der Waals surface area contributed by atoms with Crippen molar-refractivity contribution in [3.05, 3.63) is 48.2 Å². The van der Waals surface area contributed by atoms with E-state index in [4.69, 9.17) is 4.98 Å². The van der Waals surface area contributed by atoms with Crippen LogP contribution in [0.5, 0.6) is 0 Å². The number of aryl methyl sites for hydroxylation is 1. The van der Waals surface area contributed by atoms with Crippen LogP contribution in [0.15, 0.2) is 42.6 Å². The Hall–Kier alpha value is -2.49. The van der Waals surface area contributed by atoms with Crippen molar-refractivity contribution in [3.8, 4) is 11.3 Å². The molecular weight excluding hydrogens is 296 g/mol. The fourth-order valence-electron chi connectivity index (χ4n) is 2.74. The second kappa shape index (κ2) is 5.86. The summed E-state index contributed by atoms with van der Waals surface area (Å²) in [6.07, 6.45) is 2.09. The van der Waals surface area contributed by atoms with E-state index in [1.165, 1.54) is 11.3 Å². The molecule has 3 aromatic rings. The maximum absolute atomic E-state index is 4.89. The third-order valence-electron chi connectivity index (χ3n) is 3.93. The number of hydrogen-bond acceptors (Lipinski definition) is 3. The minimum atomic E-state index is -0.0425. The largest absolute Gasteiger partial charge is 0.378 e. The minimum Gasteiger partial charge on any atom is -0.378 e. The number of anilines is 2. The molecule has 0 unspecified atom stereocenters. The first-order valence-corrected chi connectivity index (χ1v) is 8.29. The quantitative estimate of drug-likeness (QED) is 0.766. The zero-order chi connectivity index (χ0) is 17.5. The smallest absolute Gasteiger partial charge is 0.139 e. The lowest BCUT2D eigenvalue weighted by Gasteiger charge is -2.22. The van der Waals surface area contributed by atoms with Gasteiger partial charge in [-0.15, -0.1) is 0 Å². The Morgan fingerprint density at radius 3 is 2.29 bits per heavy atom. The Morgan fingerprint density at radius 1 is 1.04 bits per heavy atom. The van der Waals surface area contributed by atoms with E-state index in [0.717, 1.165) is 22.7 Å². The number of pyridine rings is 1. The van der Waals surface area contributed by atoms with E-state index in [1.54, 1.807) is 0 Å². The van der Waals surface area contributed by atoms with Gasteiger partial charge < -0.3 is 10.2 Å². The summed E-state index contributed by atoms with van der Waals surface area (Å²) in [7, 11) is 4.10. The first-order chi connectivity index (χ1) is 11.2. The number of nitrogens with zero attached hydrogens (tertiary/aromatic N) is 3. The van der Waals surface area contributed by atoms with Crippen molar-refractivity contribution < 1.29 is 0 Å². The average molecular weight is 322 g/mol. The van der Waals surface area contributed by atoms with Crippen LogP contribution in [-0.2, 0) is 0 Å². The van der Waals surface area contributed by atoms with E-state index < -0.39 is 0 Å². The predicted molar refractivity (Wildman–Crippen MR) is 103 cm³/mol. The summed E-state index contributed by atoms with van der Waals surface area (Å²) in [4.78, 5) is 6.99. The van der Waals surface area contributed by atoms with E-state index in [-0.39, 0.29) is 5.54 Å². The molecule has 0 saturated heterocycles. The van der Waals surface area contributed by atoms with Gasteiger partial charge in [0.25, 0.3) is 0 Å². The molecule has 0 spiro atoms. The number of aromatic nitrogens is 2. The summed E-state index contributed by atoms with van der Waals surface area (Å²) in [5.41, 5.74) is 5.43. The van der Waals surface area contributed by atoms with Crippen molar-refractivity contribution in [2.75, 3.05) is 24.3 Å². The van der Waals surface area contributed by atoms with Gasteiger partial charge in [-0.3, -0.25) is 4.40 Å². The summed E-state index contributed by atoms with van der Waals surface area (Å²) in [6, 6.07) is 12.8. The summed E-state index contributed by atoms with van der Waals surface area (Å²) in [5, 5.41) is 3.62. The molecule has 4 heteroatoms. The highest BCUT2D eigenvalue weighted by molar-refractivity contribution is 5.78. The van der Waals surface area contributed by atoms with Crippen LogP contribution in [0, 0.1) is 6.92 Å². The van der Waals surface area contributed by atoms with Crippen molar-refractivity contribution in [1.82, 2.24) is 9.38 Å². The predicted octanol–water partition coefficient (Wildman–Crippen LogP) is 4.59. The molecule has 0 aliphatic rings. The molecule has 24 heavy (non-hydrogen) atoms. The number of benzene rings is 1. The highest BCUT2D eigenvalue weighted by atomic mass is 15.2. The molecule has 0 fully saturated rings. The average Bonchev–Trinajstić information content (AvgIpc) is 2.83. The van der Waals surface area contributed by atoms with E-state index in [2.05, 4.69) is 99.0 Å². The fourth-order valence-corrected chi connectivity index (χ4v) is 2.74. The summed E-state index contributed by atoms with van der Waals surface area (Å²) in [5.74, 6) is 1.04. The maximum atomic E-state index is 4.89. The van der Waals surface area contributed by atoms with Gasteiger partial charge in [0.05, 0.1) is 0 Å². The molecular formula is C20H26N4. The van der Waals surface area contributed by atoms with E-state index in [9.17, 15) is 0 Å². The zero-order valence-corrected chi connectivity index (χ0v) is 15.4. The fraction of sp³-hybridized carbons (Fsp3) is 0.350. The lowest BCUT2D eigenvalue weighted by molar-refractivity contribution is 0.629. The van der Waals surface area contributed by atoms with Crippen LogP contribution < -0.4 is 10.2 Å². The Labute approximate surface area is 144 Å². The van der Waals surface area contributed by atoms with E-state index in [1.807, 2.05) is 0 Å². The van der Waals surface area contributed by atoms with Crippen LogP contribution in [0.4, 0.5) is 11.5 Å². The normalized spacial score (nSPS) is 11.8. The van der Waals surface area contributed by atoms with Crippen molar-refractivity contribution in [2.45, 2.75) is 33.2 Å². The van der Waals surface area contributed by atoms with Crippen LogP contribution in [0.3, 0.4) is 0 Å². The van der Waals surface area contributed by atoms with Crippen LogP contribution in [-0.4, -0.2) is 29.0 Å². The summed E-state index contributed by atoms with van der Waals surface area (Å²) < 4.78 is 2.13. The Balaban J connectivity index is 2.16. The highest BCUT2D eigenvalue weighted by Gasteiger charge is 2.19. The van der Waals surface area contributed by atoms with Gasteiger partial charge in [0.15, 0.2) is 0 Å². The molecule has 0 aliphatic heterocycles. The number of rotatable bonds is 3. The molecule has 3 rings (SSSR count). The van der Waals surface area contributed by atoms with Gasteiger partial charge >= 0.3 is 0 Å². The van der Waals surface area contributed by atoms with Gasteiger partial charge in [0, 0.05) is 37.1 Å². The zero-order valence-electron chi connectivity index (χ0n) is 15.4. The number of nitrogens with one attached hydrogen (secondary N) is 1. The van der Waals surface area contributed by atoms with Gasteiger partial charge in [-0.1, -0.05) is 12.1 Å².